The average molecular weight is 423 g/mol. The smallest absolute Gasteiger partial charge is 0.453 e. The van der Waals surface area contributed by atoms with Crippen molar-refractivity contribution in [2.24, 2.45) is 0 Å². The Balaban J connectivity index is 2.20. The molecular weight excluding hydrogens is 405 g/mol. The molecule has 0 aliphatic carbocycles. The first-order chi connectivity index (χ1) is 11.7. The number of ether oxygens (including phenoxy) is 1. The summed E-state index contributed by atoms with van der Waals surface area (Å²) in [6.07, 6.45) is -4.55. The van der Waals surface area contributed by atoms with Gasteiger partial charge in [0.25, 0.3) is 0 Å². The van der Waals surface area contributed by atoms with Crippen LogP contribution >= 0.6 is 15.9 Å². The Hall–Kier alpha value is -1.77. The predicted molar refractivity (Wildman–Crippen MR) is 88.1 cm³/mol. The molecule has 1 aromatic carbocycles. The molecule has 0 bridgehead atoms. The lowest BCUT2D eigenvalue weighted by molar-refractivity contribution is -0.173. The molecule has 0 atom stereocenters. The molecule has 1 aromatic rings. The molecule has 1 saturated heterocycles. The summed E-state index contributed by atoms with van der Waals surface area (Å²) < 4.78 is 43.1. The Bertz CT molecular complexity index is 627. The fourth-order valence-electron chi connectivity index (χ4n) is 2.97. The summed E-state index contributed by atoms with van der Waals surface area (Å²) in [7, 11) is 1.28. The van der Waals surface area contributed by atoms with E-state index >= 15 is 0 Å². The van der Waals surface area contributed by atoms with Crippen LogP contribution in [-0.4, -0.2) is 49.8 Å². The molecule has 0 aromatic heterocycles. The Morgan fingerprint density at radius 1 is 1.24 bits per heavy atom. The van der Waals surface area contributed by atoms with Crippen molar-refractivity contribution < 1.29 is 27.5 Å². The van der Waals surface area contributed by atoms with Crippen LogP contribution in [0.15, 0.2) is 28.7 Å². The fraction of sp³-hybridized carbons (Fsp3) is 0.500. The first-order valence-corrected chi connectivity index (χ1v) is 8.41. The largest absolute Gasteiger partial charge is 0.471 e. The standard InChI is InChI=1S/C16H18BrF3N2O3/c1-25-14(24)22-8-6-15(7-9-22,10-21-13(23)16(18,19)20)11-2-4-12(17)5-3-11/h2-5H,6-10H2,1H3,(H,21,23). The zero-order valence-electron chi connectivity index (χ0n) is 13.5. The highest BCUT2D eigenvalue weighted by molar-refractivity contribution is 9.10. The molecular formula is C16H18BrF3N2O3. The topological polar surface area (TPSA) is 58.6 Å². The number of alkyl halides is 3. The number of amides is 2. The average Bonchev–Trinajstić information content (AvgIpc) is 2.59. The minimum Gasteiger partial charge on any atom is -0.453 e. The van der Waals surface area contributed by atoms with Crippen LogP contribution in [0.2, 0.25) is 0 Å². The third-order valence-corrected chi connectivity index (χ3v) is 4.98. The molecule has 5 nitrogen and oxygen atoms in total. The summed E-state index contributed by atoms with van der Waals surface area (Å²) >= 11 is 3.33. The summed E-state index contributed by atoms with van der Waals surface area (Å²) in [6.45, 7) is 0.525. The van der Waals surface area contributed by atoms with Crippen LogP contribution in [0.25, 0.3) is 0 Å². The summed E-state index contributed by atoms with van der Waals surface area (Å²) in [6, 6.07) is 7.24. The molecule has 1 heterocycles. The lowest BCUT2D eigenvalue weighted by Crippen LogP contribution is -2.51. The number of carbonyl (C=O) groups is 2. The van der Waals surface area contributed by atoms with Crippen LogP contribution in [0.1, 0.15) is 18.4 Å². The summed E-state index contributed by atoms with van der Waals surface area (Å²) in [4.78, 5) is 24.4. The van der Waals surface area contributed by atoms with Gasteiger partial charge in [0.1, 0.15) is 0 Å². The third kappa shape index (κ3) is 4.65. The molecule has 9 heteroatoms. The highest BCUT2D eigenvalue weighted by Gasteiger charge is 2.42. The van der Waals surface area contributed by atoms with E-state index in [9.17, 15) is 22.8 Å². The quantitative estimate of drug-likeness (QED) is 0.813. The second-order valence-electron chi connectivity index (χ2n) is 5.92. The molecule has 2 amide bonds. The van der Waals surface area contributed by atoms with Crippen LogP contribution in [-0.2, 0) is 14.9 Å². The molecule has 0 radical (unpaired) electrons. The Kier molecular flexibility index (Phi) is 5.97. The number of carbonyl (C=O) groups excluding carboxylic acids is 2. The van der Waals surface area contributed by atoms with Gasteiger partial charge in [0.2, 0.25) is 0 Å². The number of piperidine rings is 1. The number of rotatable bonds is 3. The van der Waals surface area contributed by atoms with Crippen molar-refractivity contribution in [1.82, 2.24) is 10.2 Å². The zero-order valence-corrected chi connectivity index (χ0v) is 15.1. The first-order valence-electron chi connectivity index (χ1n) is 7.62. The van der Waals surface area contributed by atoms with E-state index in [4.69, 9.17) is 0 Å². The first kappa shape index (κ1) is 19.6. The Labute approximate surface area is 151 Å². The van der Waals surface area contributed by atoms with Gasteiger partial charge in [-0.3, -0.25) is 4.79 Å². The van der Waals surface area contributed by atoms with Crippen molar-refractivity contribution >= 4 is 27.9 Å². The summed E-state index contributed by atoms with van der Waals surface area (Å²) in [5.74, 6) is -1.96. The maximum absolute atomic E-state index is 12.5. The van der Waals surface area contributed by atoms with E-state index in [2.05, 4.69) is 20.7 Å². The van der Waals surface area contributed by atoms with Crippen molar-refractivity contribution in [1.29, 1.82) is 0 Å². The number of hydrogen-bond donors (Lipinski definition) is 1. The van der Waals surface area contributed by atoms with Crippen LogP contribution in [0.3, 0.4) is 0 Å². The monoisotopic (exact) mass is 422 g/mol. The predicted octanol–water partition coefficient (Wildman–Crippen LogP) is 3.23. The van der Waals surface area contributed by atoms with E-state index in [1.54, 1.807) is 12.1 Å². The van der Waals surface area contributed by atoms with Gasteiger partial charge < -0.3 is 15.0 Å². The molecule has 1 fully saturated rings. The minimum atomic E-state index is -4.92. The number of methoxy groups -OCH3 is 1. The molecule has 138 valence electrons. The lowest BCUT2D eigenvalue weighted by atomic mass is 9.72. The van der Waals surface area contributed by atoms with Crippen LogP contribution in [0.4, 0.5) is 18.0 Å². The van der Waals surface area contributed by atoms with Gasteiger partial charge in [-0.2, -0.15) is 13.2 Å². The molecule has 0 saturated carbocycles. The maximum atomic E-state index is 12.5. The van der Waals surface area contributed by atoms with Gasteiger partial charge in [0.05, 0.1) is 7.11 Å². The second kappa shape index (κ2) is 7.63. The van der Waals surface area contributed by atoms with Crippen molar-refractivity contribution in [2.45, 2.75) is 24.4 Å². The van der Waals surface area contributed by atoms with Crippen LogP contribution in [0, 0.1) is 0 Å². The van der Waals surface area contributed by atoms with E-state index in [0.717, 1.165) is 10.0 Å². The number of hydrogen-bond acceptors (Lipinski definition) is 3. The SMILES string of the molecule is COC(=O)N1CCC(CNC(=O)C(F)(F)F)(c2ccc(Br)cc2)CC1. The molecule has 1 aliphatic heterocycles. The van der Waals surface area contributed by atoms with Crippen molar-refractivity contribution in [3.63, 3.8) is 0 Å². The normalized spacial score (nSPS) is 17.1. The van der Waals surface area contributed by atoms with Gasteiger partial charge in [-0.15, -0.1) is 0 Å². The number of nitrogens with one attached hydrogen (secondary N) is 1. The number of nitrogens with zero attached hydrogens (tertiary/aromatic N) is 1. The van der Waals surface area contributed by atoms with Gasteiger partial charge in [0.15, 0.2) is 0 Å². The molecule has 1 N–H and O–H groups in total. The highest BCUT2D eigenvalue weighted by atomic mass is 79.9. The van der Waals surface area contributed by atoms with E-state index in [1.165, 1.54) is 12.0 Å². The summed E-state index contributed by atoms with van der Waals surface area (Å²) in [5, 5.41) is 1.99. The van der Waals surface area contributed by atoms with Gasteiger partial charge in [-0.25, -0.2) is 4.79 Å². The van der Waals surface area contributed by atoms with E-state index < -0.39 is 23.6 Å². The van der Waals surface area contributed by atoms with Gasteiger partial charge >= 0.3 is 18.2 Å². The van der Waals surface area contributed by atoms with E-state index in [1.807, 2.05) is 17.4 Å². The van der Waals surface area contributed by atoms with Crippen molar-refractivity contribution in [2.75, 3.05) is 26.7 Å². The van der Waals surface area contributed by atoms with Crippen LogP contribution < -0.4 is 5.32 Å². The second-order valence-corrected chi connectivity index (χ2v) is 6.84. The van der Waals surface area contributed by atoms with Gasteiger partial charge in [-0.1, -0.05) is 28.1 Å². The summed E-state index contributed by atoms with van der Waals surface area (Å²) in [5.41, 5.74) is 0.147. The molecule has 2 rings (SSSR count). The van der Waals surface area contributed by atoms with Gasteiger partial charge in [0, 0.05) is 29.5 Å². The Morgan fingerprint density at radius 3 is 2.28 bits per heavy atom. The highest BCUT2D eigenvalue weighted by Crippen LogP contribution is 2.36. The molecule has 25 heavy (non-hydrogen) atoms. The third-order valence-electron chi connectivity index (χ3n) is 4.45. The van der Waals surface area contributed by atoms with Crippen molar-refractivity contribution in [3.8, 4) is 0 Å². The van der Waals surface area contributed by atoms with Gasteiger partial charge in [-0.05, 0) is 30.5 Å². The number of benzene rings is 1. The minimum absolute atomic E-state index is 0.151. The molecule has 1 aliphatic rings. The van der Waals surface area contributed by atoms with Crippen LogP contribution in [0.5, 0.6) is 0 Å². The van der Waals surface area contributed by atoms with E-state index in [-0.39, 0.29) is 6.54 Å². The van der Waals surface area contributed by atoms with Crippen molar-refractivity contribution in [3.05, 3.63) is 34.3 Å². The molecule has 0 unspecified atom stereocenters. The maximum Gasteiger partial charge on any atom is 0.471 e. The zero-order chi connectivity index (χ0) is 18.7. The lowest BCUT2D eigenvalue weighted by Gasteiger charge is -2.42. The fourth-order valence-corrected chi connectivity index (χ4v) is 3.23. The number of likely N-dealkylation sites (tertiary alicyclic amines) is 1. The number of halogens is 4. The Morgan fingerprint density at radius 2 is 1.80 bits per heavy atom. The van der Waals surface area contributed by atoms with E-state index in [0.29, 0.717) is 25.9 Å². The molecule has 0 spiro atoms.